The van der Waals surface area contributed by atoms with Crippen LogP contribution in [-0.2, 0) is 24.3 Å². The van der Waals surface area contributed by atoms with E-state index >= 15 is 0 Å². The molecule has 5 nitrogen and oxygen atoms in total. The highest BCUT2D eigenvalue weighted by Gasteiger charge is 2.23. The van der Waals surface area contributed by atoms with E-state index in [1.165, 1.54) is 36.4 Å². The van der Waals surface area contributed by atoms with Crippen molar-refractivity contribution in [3.63, 3.8) is 0 Å². The number of carbonyl (C=O) groups is 2. The molecule has 4 rings (SSSR count). The number of aryl methyl sites for hydroxylation is 1. The third-order valence-corrected chi connectivity index (χ3v) is 5.81. The van der Waals surface area contributed by atoms with Crippen LogP contribution >= 0.6 is 0 Å². The molecule has 0 unspecified atom stereocenters. The summed E-state index contributed by atoms with van der Waals surface area (Å²) < 4.78 is 40.3. The largest absolute Gasteiger partial charge is 0.348 e. The Balaban J connectivity index is 1.45. The fourth-order valence-electron chi connectivity index (χ4n) is 3.94. The number of nitrogens with one attached hydrogen (secondary N) is 1. The third kappa shape index (κ3) is 5.01. The number of rotatable bonds is 5. The standard InChI is InChI=1S/C26H22F3N3O2/c1-16-21(14-31-26(34)20-4-2-3-5-22(20)27)19-10-11-32(15-18(19)13-30-16)25(33)9-7-17-6-8-23(28)24(29)12-17/h2-9,12-13H,10-11,14-15H2,1H3,(H,31,34). The zero-order valence-corrected chi connectivity index (χ0v) is 18.4. The van der Waals surface area contributed by atoms with Crippen molar-refractivity contribution in [2.75, 3.05) is 6.54 Å². The van der Waals surface area contributed by atoms with E-state index in [4.69, 9.17) is 0 Å². The Morgan fingerprint density at radius 2 is 1.88 bits per heavy atom. The number of hydrogen-bond acceptors (Lipinski definition) is 3. The number of amides is 2. The Hall–Kier alpha value is -3.94. The molecule has 0 spiro atoms. The van der Waals surface area contributed by atoms with E-state index in [9.17, 15) is 22.8 Å². The van der Waals surface area contributed by atoms with E-state index in [0.29, 0.717) is 25.1 Å². The summed E-state index contributed by atoms with van der Waals surface area (Å²) in [5.74, 6) is -3.27. The second-order valence-electron chi connectivity index (χ2n) is 8.01. The van der Waals surface area contributed by atoms with Crippen molar-refractivity contribution in [3.05, 3.63) is 106 Å². The summed E-state index contributed by atoms with van der Waals surface area (Å²) in [6, 6.07) is 9.21. The monoisotopic (exact) mass is 465 g/mol. The summed E-state index contributed by atoms with van der Waals surface area (Å²) in [5.41, 5.74) is 3.84. The molecule has 34 heavy (non-hydrogen) atoms. The minimum Gasteiger partial charge on any atom is -0.348 e. The molecule has 0 bridgehead atoms. The van der Waals surface area contributed by atoms with Crippen molar-refractivity contribution in [1.82, 2.24) is 15.2 Å². The lowest BCUT2D eigenvalue weighted by molar-refractivity contribution is -0.126. The fourth-order valence-corrected chi connectivity index (χ4v) is 3.94. The van der Waals surface area contributed by atoms with Gasteiger partial charge in [-0.1, -0.05) is 18.2 Å². The molecule has 0 saturated heterocycles. The van der Waals surface area contributed by atoms with Gasteiger partial charge in [-0.05, 0) is 65.9 Å². The summed E-state index contributed by atoms with van der Waals surface area (Å²) >= 11 is 0. The zero-order chi connectivity index (χ0) is 24.2. The predicted octanol–water partition coefficient (Wildman–Crippen LogP) is 4.34. The molecule has 1 aliphatic rings. The Morgan fingerprint density at radius 3 is 2.65 bits per heavy atom. The molecule has 2 amide bonds. The van der Waals surface area contributed by atoms with Crippen molar-refractivity contribution < 1.29 is 22.8 Å². The van der Waals surface area contributed by atoms with Gasteiger partial charge in [0.2, 0.25) is 5.91 Å². The number of halogens is 3. The lowest BCUT2D eigenvalue weighted by Crippen LogP contribution is -2.36. The summed E-state index contributed by atoms with van der Waals surface area (Å²) in [6.07, 6.45) is 5.05. The van der Waals surface area contributed by atoms with Crippen LogP contribution in [0.15, 0.2) is 54.7 Å². The van der Waals surface area contributed by atoms with Crippen molar-refractivity contribution >= 4 is 17.9 Å². The number of aromatic nitrogens is 1. The summed E-state index contributed by atoms with van der Waals surface area (Å²) in [4.78, 5) is 31.1. The van der Waals surface area contributed by atoms with Gasteiger partial charge >= 0.3 is 0 Å². The minimum absolute atomic E-state index is 0.0255. The molecule has 0 saturated carbocycles. The SMILES string of the molecule is Cc1ncc2c(c1CNC(=O)c1ccccc1F)CCN(C(=O)C=Cc1ccc(F)c(F)c1)C2. The van der Waals surface area contributed by atoms with Gasteiger partial charge in [0, 0.05) is 37.6 Å². The van der Waals surface area contributed by atoms with E-state index in [1.54, 1.807) is 17.2 Å². The van der Waals surface area contributed by atoms with E-state index in [2.05, 4.69) is 10.3 Å². The van der Waals surface area contributed by atoms with Gasteiger partial charge in [0.15, 0.2) is 11.6 Å². The molecule has 0 atom stereocenters. The number of fused-ring (bicyclic) bond motifs is 1. The molecule has 3 aromatic rings. The Morgan fingerprint density at radius 1 is 1.09 bits per heavy atom. The maximum atomic E-state index is 13.9. The third-order valence-electron chi connectivity index (χ3n) is 5.81. The van der Waals surface area contributed by atoms with Crippen LogP contribution in [0.25, 0.3) is 6.08 Å². The molecule has 1 N–H and O–H groups in total. The molecule has 1 aromatic heterocycles. The topological polar surface area (TPSA) is 62.3 Å². The molecular weight excluding hydrogens is 443 g/mol. The van der Waals surface area contributed by atoms with Crippen LogP contribution in [-0.4, -0.2) is 28.2 Å². The first-order chi connectivity index (χ1) is 16.3. The Kier molecular flexibility index (Phi) is 6.77. The fraction of sp³-hybridized carbons (Fsp3) is 0.192. The zero-order valence-electron chi connectivity index (χ0n) is 18.4. The van der Waals surface area contributed by atoms with Crippen LogP contribution in [0, 0.1) is 24.4 Å². The molecule has 0 radical (unpaired) electrons. The minimum atomic E-state index is -0.974. The number of benzene rings is 2. The maximum absolute atomic E-state index is 13.9. The molecule has 0 fully saturated rings. The molecule has 0 aliphatic carbocycles. The van der Waals surface area contributed by atoms with E-state index < -0.39 is 23.4 Å². The quantitative estimate of drug-likeness (QED) is 0.571. The first kappa shape index (κ1) is 23.2. The molecule has 174 valence electrons. The van der Waals surface area contributed by atoms with Gasteiger partial charge in [-0.3, -0.25) is 14.6 Å². The van der Waals surface area contributed by atoms with Crippen LogP contribution in [0.2, 0.25) is 0 Å². The summed E-state index contributed by atoms with van der Waals surface area (Å²) in [7, 11) is 0. The highest BCUT2D eigenvalue weighted by atomic mass is 19.2. The highest BCUT2D eigenvalue weighted by Crippen LogP contribution is 2.24. The van der Waals surface area contributed by atoms with Gasteiger partial charge in [0.05, 0.1) is 5.56 Å². The lowest BCUT2D eigenvalue weighted by atomic mass is 9.94. The van der Waals surface area contributed by atoms with Crippen LogP contribution in [0.3, 0.4) is 0 Å². The summed E-state index contributed by atoms with van der Waals surface area (Å²) in [5, 5.41) is 2.76. The lowest BCUT2D eigenvalue weighted by Gasteiger charge is -2.30. The Bertz CT molecular complexity index is 1290. The molecule has 1 aliphatic heterocycles. The molecule has 2 heterocycles. The number of nitrogens with zero attached hydrogens (tertiary/aromatic N) is 2. The second kappa shape index (κ2) is 9.91. The second-order valence-corrected chi connectivity index (χ2v) is 8.01. The van der Waals surface area contributed by atoms with Gasteiger partial charge in [0.1, 0.15) is 5.82 Å². The average molecular weight is 465 g/mol. The Labute approximate surface area is 194 Å². The van der Waals surface area contributed by atoms with Crippen LogP contribution in [0.4, 0.5) is 13.2 Å². The van der Waals surface area contributed by atoms with Gasteiger partial charge in [-0.2, -0.15) is 0 Å². The first-order valence-electron chi connectivity index (χ1n) is 10.7. The van der Waals surface area contributed by atoms with Crippen LogP contribution in [0.5, 0.6) is 0 Å². The number of carbonyl (C=O) groups excluding carboxylic acids is 2. The van der Waals surface area contributed by atoms with Crippen molar-refractivity contribution in [1.29, 1.82) is 0 Å². The molecular formula is C26H22F3N3O2. The van der Waals surface area contributed by atoms with Crippen molar-refractivity contribution in [3.8, 4) is 0 Å². The van der Waals surface area contributed by atoms with Gasteiger partial charge in [0.25, 0.3) is 5.91 Å². The first-order valence-corrected chi connectivity index (χ1v) is 10.7. The van der Waals surface area contributed by atoms with Crippen LogP contribution < -0.4 is 5.32 Å². The van der Waals surface area contributed by atoms with E-state index in [1.807, 2.05) is 6.92 Å². The van der Waals surface area contributed by atoms with Crippen molar-refractivity contribution in [2.24, 2.45) is 0 Å². The van der Waals surface area contributed by atoms with Crippen molar-refractivity contribution in [2.45, 2.75) is 26.4 Å². The van der Waals surface area contributed by atoms with Gasteiger partial charge < -0.3 is 10.2 Å². The van der Waals surface area contributed by atoms with E-state index in [-0.39, 0.29) is 18.0 Å². The highest BCUT2D eigenvalue weighted by molar-refractivity contribution is 5.94. The van der Waals surface area contributed by atoms with E-state index in [0.717, 1.165) is 34.5 Å². The maximum Gasteiger partial charge on any atom is 0.254 e. The normalized spacial score (nSPS) is 13.1. The molecule has 8 heteroatoms. The van der Waals surface area contributed by atoms with Gasteiger partial charge in [-0.25, -0.2) is 13.2 Å². The average Bonchev–Trinajstić information content (AvgIpc) is 2.83. The number of hydrogen-bond donors (Lipinski definition) is 1. The van der Waals surface area contributed by atoms with Gasteiger partial charge in [-0.15, -0.1) is 0 Å². The number of pyridine rings is 1. The summed E-state index contributed by atoms with van der Waals surface area (Å²) in [6.45, 7) is 2.82. The molecule has 2 aromatic carbocycles. The predicted molar refractivity (Wildman–Crippen MR) is 121 cm³/mol. The smallest absolute Gasteiger partial charge is 0.254 e. The van der Waals surface area contributed by atoms with Crippen LogP contribution in [0.1, 0.15) is 38.3 Å².